The summed E-state index contributed by atoms with van der Waals surface area (Å²) in [6.45, 7) is 0. The van der Waals surface area contributed by atoms with Crippen LogP contribution in [0.1, 0.15) is 17.2 Å². The van der Waals surface area contributed by atoms with Crippen molar-refractivity contribution in [3.8, 4) is 11.8 Å². The van der Waals surface area contributed by atoms with Crippen LogP contribution in [0.5, 0.6) is 5.75 Å². The van der Waals surface area contributed by atoms with Gasteiger partial charge in [-0.05, 0) is 12.1 Å². The van der Waals surface area contributed by atoms with Gasteiger partial charge in [0.2, 0.25) is 0 Å². The molecule has 0 aliphatic carbocycles. The fraction of sp³-hybridized carbons (Fsp3) is 0.364. The molecule has 0 fully saturated rings. The molecular formula is C11H9F4NO2. The quantitative estimate of drug-likeness (QED) is 0.787. The smallest absolute Gasteiger partial charge is 0.418 e. The number of alkyl halides is 3. The van der Waals surface area contributed by atoms with Crippen LogP contribution in [0.2, 0.25) is 0 Å². The van der Waals surface area contributed by atoms with Gasteiger partial charge in [-0.2, -0.15) is 18.4 Å². The Kier molecular flexibility index (Phi) is 4.14. The monoisotopic (exact) mass is 263 g/mol. The lowest BCUT2D eigenvalue weighted by molar-refractivity contribution is -0.216. The summed E-state index contributed by atoms with van der Waals surface area (Å²) in [6.07, 6.45) is -6.97. The van der Waals surface area contributed by atoms with Crippen LogP contribution in [0.15, 0.2) is 12.1 Å². The predicted octanol–water partition coefficient (Wildman–Crippen LogP) is 2.96. The lowest BCUT2D eigenvalue weighted by atomic mass is 10.0. The summed E-state index contributed by atoms with van der Waals surface area (Å²) < 4.78 is 60.4. The highest BCUT2D eigenvalue weighted by Gasteiger charge is 2.43. The van der Waals surface area contributed by atoms with Crippen molar-refractivity contribution in [3.63, 3.8) is 0 Å². The summed E-state index contributed by atoms with van der Waals surface area (Å²) in [6, 6.07) is 3.12. The summed E-state index contributed by atoms with van der Waals surface area (Å²) in [5.74, 6) is -1.42. The molecule has 7 heteroatoms. The molecule has 0 saturated heterocycles. The highest BCUT2D eigenvalue weighted by molar-refractivity contribution is 5.50. The van der Waals surface area contributed by atoms with Crippen molar-refractivity contribution in [2.75, 3.05) is 14.2 Å². The maximum Gasteiger partial charge on any atom is 0.418 e. The van der Waals surface area contributed by atoms with Crippen LogP contribution in [0.3, 0.4) is 0 Å². The molecule has 0 saturated carbocycles. The Morgan fingerprint density at radius 1 is 1.28 bits per heavy atom. The largest absolute Gasteiger partial charge is 0.495 e. The van der Waals surface area contributed by atoms with Crippen LogP contribution in [0.4, 0.5) is 17.6 Å². The van der Waals surface area contributed by atoms with Crippen molar-refractivity contribution in [2.24, 2.45) is 0 Å². The first-order valence-corrected chi connectivity index (χ1v) is 4.72. The van der Waals surface area contributed by atoms with Gasteiger partial charge in [0.1, 0.15) is 23.2 Å². The van der Waals surface area contributed by atoms with Crippen LogP contribution in [0, 0.1) is 17.1 Å². The topological polar surface area (TPSA) is 42.2 Å². The molecule has 1 aromatic rings. The number of halogens is 4. The number of nitrogens with zero attached hydrogens (tertiary/aromatic N) is 1. The zero-order valence-electron chi connectivity index (χ0n) is 9.51. The number of benzene rings is 1. The Morgan fingerprint density at radius 3 is 2.28 bits per heavy atom. The van der Waals surface area contributed by atoms with E-state index in [9.17, 15) is 17.6 Å². The molecule has 1 atom stereocenters. The van der Waals surface area contributed by atoms with Gasteiger partial charge in [-0.1, -0.05) is 0 Å². The van der Waals surface area contributed by atoms with Crippen molar-refractivity contribution in [3.05, 3.63) is 29.1 Å². The summed E-state index contributed by atoms with van der Waals surface area (Å²) in [7, 11) is 1.93. The van der Waals surface area contributed by atoms with Gasteiger partial charge in [0.15, 0.2) is 6.10 Å². The van der Waals surface area contributed by atoms with Gasteiger partial charge in [0, 0.05) is 12.7 Å². The third-order valence-electron chi connectivity index (χ3n) is 2.27. The first kappa shape index (κ1) is 14.3. The molecule has 0 aliphatic rings. The summed E-state index contributed by atoms with van der Waals surface area (Å²) in [4.78, 5) is 0. The minimum Gasteiger partial charge on any atom is -0.495 e. The first-order valence-electron chi connectivity index (χ1n) is 4.72. The van der Waals surface area contributed by atoms with Crippen LogP contribution < -0.4 is 4.74 Å². The summed E-state index contributed by atoms with van der Waals surface area (Å²) in [5, 5.41) is 8.72. The normalized spacial score (nSPS) is 12.9. The van der Waals surface area contributed by atoms with Gasteiger partial charge >= 0.3 is 6.18 Å². The Bertz CT molecular complexity index is 479. The van der Waals surface area contributed by atoms with Crippen LogP contribution >= 0.6 is 0 Å². The van der Waals surface area contributed by atoms with Crippen molar-refractivity contribution in [1.82, 2.24) is 0 Å². The summed E-state index contributed by atoms with van der Waals surface area (Å²) >= 11 is 0. The number of methoxy groups -OCH3 is 2. The predicted molar refractivity (Wildman–Crippen MR) is 53.5 cm³/mol. The molecular weight excluding hydrogens is 254 g/mol. The molecule has 18 heavy (non-hydrogen) atoms. The van der Waals surface area contributed by atoms with E-state index in [1.807, 2.05) is 0 Å². The molecule has 0 heterocycles. The molecule has 1 unspecified atom stereocenters. The fourth-order valence-corrected chi connectivity index (χ4v) is 1.54. The number of nitriles is 1. The zero-order chi connectivity index (χ0) is 13.9. The number of ether oxygens (including phenoxy) is 2. The minimum atomic E-state index is -4.69. The Hall–Kier alpha value is -1.81. The van der Waals surface area contributed by atoms with Crippen LogP contribution in [-0.4, -0.2) is 20.4 Å². The third-order valence-corrected chi connectivity index (χ3v) is 2.27. The Balaban J connectivity index is 3.46. The second-order valence-corrected chi connectivity index (χ2v) is 3.31. The molecule has 3 nitrogen and oxygen atoms in total. The van der Waals surface area contributed by atoms with Gasteiger partial charge in [0.25, 0.3) is 0 Å². The number of rotatable bonds is 3. The number of hydrogen-bond donors (Lipinski definition) is 0. The molecule has 0 spiro atoms. The van der Waals surface area contributed by atoms with Crippen molar-refractivity contribution in [1.29, 1.82) is 5.26 Å². The maximum atomic E-state index is 13.3. The zero-order valence-corrected chi connectivity index (χ0v) is 9.51. The Labute approximate surface area is 101 Å². The molecule has 0 aliphatic heterocycles. The molecule has 1 rings (SSSR count). The van der Waals surface area contributed by atoms with Gasteiger partial charge in [-0.15, -0.1) is 0 Å². The lowest BCUT2D eigenvalue weighted by Gasteiger charge is -2.21. The van der Waals surface area contributed by atoms with Gasteiger partial charge < -0.3 is 9.47 Å². The van der Waals surface area contributed by atoms with Crippen molar-refractivity contribution >= 4 is 0 Å². The van der Waals surface area contributed by atoms with Gasteiger partial charge in [-0.25, -0.2) is 4.39 Å². The van der Waals surface area contributed by atoms with Gasteiger partial charge in [0.05, 0.1) is 7.11 Å². The molecule has 1 aromatic carbocycles. The summed E-state index contributed by atoms with van der Waals surface area (Å²) in [5.41, 5.74) is -1.02. The third kappa shape index (κ3) is 2.54. The molecule has 0 bridgehead atoms. The average Bonchev–Trinajstić information content (AvgIpc) is 2.29. The standard InChI is InChI=1S/C11H9F4NO2/c1-17-9-6(10(18-2)11(13,14)15)3-4-8(12)7(9)5-16/h3-4,10H,1-2H3. The Morgan fingerprint density at radius 2 is 1.89 bits per heavy atom. The van der Waals surface area contributed by atoms with E-state index in [1.54, 1.807) is 0 Å². The lowest BCUT2D eigenvalue weighted by Crippen LogP contribution is -2.23. The van der Waals surface area contributed by atoms with E-state index >= 15 is 0 Å². The van der Waals surface area contributed by atoms with Gasteiger partial charge in [-0.3, -0.25) is 0 Å². The second-order valence-electron chi connectivity index (χ2n) is 3.31. The highest BCUT2D eigenvalue weighted by atomic mass is 19.4. The minimum absolute atomic E-state index is 0.439. The maximum absolute atomic E-state index is 13.3. The second kappa shape index (κ2) is 5.23. The molecule has 0 radical (unpaired) electrons. The van der Waals surface area contributed by atoms with E-state index in [0.717, 1.165) is 26.4 Å². The van der Waals surface area contributed by atoms with E-state index in [1.165, 1.54) is 6.07 Å². The van der Waals surface area contributed by atoms with E-state index in [-0.39, 0.29) is 0 Å². The van der Waals surface area contributed by atoms with E-state index in [2.05, 4.69) is 9.47 Å². The molecule has 98 valence electrons. The number of hydrogen-bond acceptors (Lipinski definition) is 3. The first-order chi connectivity index (χ1) is 8.36. The van der Waals surface area contributed by atoms with E-state index in [0.29, 0.717) is 0 Å². The van der Waals surface area contributed by atoms with Crippen LogP contribution in [0.25, 0.3) is 0 Å². The fourth-order valence-electron chi connectivity index (χ4n) is 1.54. The van der Waals surface area contributed by atoms with Crippen molar-refractivity contribution in [2.45, 2.75) is 12.3 Å². The molecule has 0 amide bonds. The molecule has 0 aromatic heterocycles. The van der Waals surface area contributed by atoms with Crippen LogP contribution in [-0.2, 0) is 4.74 Å². The SMILES string of the molecule is COc1c(C(OC)C(F)(F)F)ccc(F)c1C#N. The molecule has 0 N–H and O–H groups in total. The highest BCUT2D eigenvalue weighted by Crippen LogP contribution is 2.41. The van der Waals surface area contributed by atoms with E-state index < -0.39 is 35.0 Å². The van der Waals surface area contributed by atoms with Crippen molar-refractivity contribution < 1.29 is 27.0 Å². The average molecular weight is 263 g/mol. The van der Waals surface area contributed by atoms with E-state index in [4.69, 9.17) is 5.26 Å².